The van der Waals surface area contributed by atoms with Gasteiger partial charge < -0.3 is 10.2 Å². The van der Waals surface area contributed by atoms with Gasteiger partial charge in [0.2, 0.25) is 11.8 Å². The lowest BCUT2D eigenvalue weighted by molar-refractivity contribution is -0.146. The molecule has 1 heterocycles. The number of carbonyl (C=O) groups excluding carboxylic acids is 2. The summed E-state index contributed by atoms with van der Waals surface area (Å²) >= 11 is 5.58. The average Bonchev–Trinajstić information content (AvgIpc) is 2.21. The van der Waals surface area contributed by atoms with E-state index in [1.165, 1.54) is 5.54 Å². The van der Waals surface area contributed by atoms with Crippen LogP contribution in [0.5, 0.6) is 0 Å². The van der Waals surface area contributed by atoms with Crippen LogP contribution in [0.25, 0.3) is 0 Å². The maximum Gasteiger partial charge on any atom is 0.246 e. The van der Waals surface area contributed by atoms with Gasteiger partial charge in [-0.05, 0) is 17.9 Å². The number of amides is 2. The second-order valence-electron chi connectivity index (χ2n) is 5.52. The van der Waals surface area contributed by atoms with Crippen molar-refractivity contribution in [1.29, 1.82) is 0 Å². The molecule has 1 fully saturated rings. The number of nitrogens with one attached hydrogen (secondary N) is 1. The predicted octanol–water partition coefficient (Wildman–Crippen LogP) is 1.50. The van der Waals surface area contributed by atoms with Gasteiger partial charge in [-0.1, -0.05) is 32.4 Å². The van der Waals surface area contributed by atoms with Gasteiger partial charge in [-0.15, -0.1) is 0 Å². The van der Waals surface area contributed by atoms with Gasteiger partial charge in [-0.2, -0.15) is 0 Å². The molecule has 5 heteroatoms. The van der Waals surface area contributed by atoms with Crippen molar-refractivity contribution >= 4 is 23.4 Å². The third-order valence-corrected chi connectivity index (χ3v) is 3.06. The molecule has 1 rings (SSSR count). The lowest BCUT2D eigenvalue weighted by Crippen LogP contribution is -2.62. The predicted molar refractivity (Wildman–Crippen MR) is 67.6 cm³/mol. The van der Waals surface area contributed by atoms with Crippen LogP contribution in [0.15, 0.2) is 11.1 Å². The van der Waals surface area contributed by atoms with E-state index in [0.29, 0.717) is 6.54 Å². The van der Waals surface area contributed by atoms with Gasteiger partial charge in [0.25, 0.3) is 0 Å². The molecule has 4 nitrogen and oxygen atoms in total. The number of nitrogens with zero attached hydrogens (tertiary/aromatic N) is 1. The summed E-state index contributed by atoms with van der Waals surface area (Å²) in [5, 5.41) is 2.74. The number of hydrogen-bond acceptors (Lipinski definition) is 2. The van der Waals surface area contributed by atoms with Gasteiger partial charge in [0.15, 0.2) is 0 Å². The van der Waals surface area contributed by atoms with Crippen LogP contribution in [0.4, 0.5) is 0 Å². The molecule has 1 aliphatic heterocycles. The van der Waals surface area contributed by atoms with Gasteiger partial charge in [0.1, 0.15) is 6.04 Å². The normalized spacial score (nSPS) is 22.8. The summed E-state index contributed by atoms with van der Waals surface area (Å²) in [4.78, 5) is 25.3. The third kappa shape index (κ3) is 3.46. The molecule has 1 unspecified atom stereocenters. The molecule has 0 spiro atoms. The number of piperazine rings is 1. The Labute approximate surface area is 107 Å². The van der Waals surface area contributed by atoms with Gasteiger partial charge in [-0.3, -0.25) is 9.59 Å². The molecule has 0 aliphatic carbocycles. The quantitative estimate of drug-likeness (QED) is 0.816. The molecule has 0 aromatic rings. The van der Waals surface area contributed by atoms with Crippen molar-refractivity contribution in [3.05, 3.63) is 11.1 Å². The summed E-state index contributed by atoms with van der Waals surface area (Å²) < 4.78 is 0. The minimum absolute atomic E-state index is 0.0463. The van der Waals surface area contributed by atoms with Crippen molar-refractivity contribution in [2.75, 3.05) is 13.1 Å². The highest BCUT2D eigenvalue weighted by Crippen LogP contribution is 2.23. The highest BCUT2D eigenvalue weighted by molar-refractivity contribution is 6.25. The highest BCUT2D eigenvalue weighted by Gasteiger charge is 2.39. The van der Waals surface area contributed by atoms with E-state index in [4.69, 9.17) is 11.6 Å². The van der Waals surface area contributed by atoms with Gasteiger partial charge in [0.05, 0.1) is 6.54 Å². The Balaban J connectivity index is 2.87. The molecular formula is C12H19ClN2O2. The second-order valence-corrected chi connectivity index (χ2v) is 5.73. The van der Waals surface area contributed by atoms with Crippen LogP contribution < -0.4 is 5.32 Å². The molecule has 1 N–H and O–H groups in total. The molecule has 0 bridgehead atoms. The second kappa shape index (κ2) is 5.08. The van der Waals surface area contributed by atoms with E-state index in [0.717, 1.165) is 5.57 Å². The van der Waals surface area contributed by atoms with Crippen LogP contribution in [0.1, 0.15) is 27.7 Å². The van der Waals surface area contributed by atoms with Crippen molar-refractivity contribution in [1.82, 2.24) is 10.2 Å². The first-order valence-electron chi connectivity index (χ1n) is 5.59. The first-order chi connectivity index (χ1) is 7.75. The van der Waals surface area contributed by atoms with E-state index in [-0.39, 0.29) is 23.8 Å². The van der Waals surface area contributed by atoms with Crippen LogP contribution >= 0.6 is 11.6 Å². The first-order valence-corrected chi connectivity index (χ1v) is 6.03. The van der Waals surface area contributed by atoms with Crippen molar-refractivity contribution in [2.45, 2.75) is 33.7 Å². The van der Waals surface area contributed by atoms with Crippen molar-refractivity contribution < 1.29 is 9.59 Å². The topological polar surface area (TPSA) is 49.4 Å². The van der Waals surface area contributed by atoms with E-state index >= 15 is 0 Å². The average molecular weight is 259 g/mol. The Morgan fingerprint density at radius 3 is 2.59 bits per heavy atom. The van der Waals surface area contributed by atoms with E-state index in [1.54, 1.807) is 4.90 Å². The summed E-state index contributed by atoms with van der Waals surface area (Å²) in [6, 6.07) is -0.466. The number of carbonyl (C=O) groups is 2. The van der Waals surface area contributed by atoms with E-state index in [2.05, 4.69) is 5.32 Å². The minimum Gasteiger partial charge on any atom is -0.342 e. The molecule has 96 valence electrons. The maximum absolute atomic E-state index is 12.2. The fraction of sp³-hybridized carbons (Fsp3) is 0.667. The molecule has 17 heavy (non-hydrogen) atoms. The van der Waals surface area contributed by atoms with E-state index in [9.17, 15) is 9.59 Å². The van der Waals surface area contributed by atoms with Gasteiger partial charge >= 0.3 is 0 Å². The molecule has 0 saturated carbocycles. The smallest absolute Gasteiger partial charge is 0.246 e. The summed E-state index contributed by atoms with van der Waals surface area (Å²) in [6.45, 7) is 8.14. The lowest BCUT2D eigenvalue weighted by atomic mass is 9.84. The van der Waals surface area contributed by atoms with E-state index in [1.807, 2.05) is 27.7 Å². The van der Waals surface area contributed by atoms with Crippen LogP contribution in [0, 0.1) is 5.41 Å². The zero-order chi connectivity index (χ0) is 13.2. The lowest BCUT2D eigenvalue weighted by Gasteiger charge is -2.39. The molecule has 2 amide bonds. The van der Waals surface area contributed by atoms with Crippen molar-refractivity contribution in [3.63, 3.8) is 0 Å². The fourth-order valence-corrected chi connectivity index (χ4v) is 1.83. The molecule has 0 radical (unpaired) electrons. The monoisotopic (exact) mass is 258 g/mol. The Morgan fingerprint density at radius 1 is 1.53 bits per heavy atom. The van der Waals surface area contributed by atoms with Crippen LogP contribution in [0.2, 0.25) is 0 Å². The summed E-state index contributed by atoms with van der Waals surface area (Å²) in [5.41, 5.74) is 2.01. The Morgan fingerprint density at radius 2 is 2.12 bits per heavy atom. The highest BCUT2D eigenvalue weighted by atomic mass is 35.5. The Bertz CT molecular complexity index is 358. The molecule has 1 aliphatic rings. The molecule has 0 aromatic heterocycles. The largest absolute Gasteiger partial charge is 0.342 e. The molecule has 0 aromatic carbocycles. The molecule has 1 saturated heterocycles. The van der Waals surface area contributed by atoms with Crippen LogP contribution in [-0.2, 0) is 9.59 Å². The molecular weight excluding hydrogens is 240 g/mol. The fourth-order valence-electron chi connectivity index (χ4n) is 1.76. The SMILES string of the molecule is CC(=CCl)CN1CC(=O)NC(C(C)(C)C)C1=O. The summed E-state index contributed by atoms with van der Waals surface area (Å²) in [7, 11) is 0. The van der Waals surface area contributed by atoms with Crippen molar-refractivity contribution in [2.24, 2.45) is 5.41 Å². The van der Waals surface area contributed by atoms with E-state index < -0.39 is 6.04 Å². The van der Waals surface area contributed by atoms with Gasteiger partial charge in [0, 0.05) is 12.1 Å². The van der Waals surface area contributed by atoms with Gasteiger partial charge in [-0.25, -0.2) is 0 Å². The zero-order valence-electron chi connectivity index (χ0n) is 10.7. The van der Waals surface area contributed by atoms with Crippen LogP contribution in [-0.4, -0.2) is 35.8 Å². The van der Waals surface area contributed by atoms with Crippen LogP contribution in [0.3, 0.4) is 0 Å². The standard InChI is InChI=1S/C12H19ClN2O2/c1-8(5-13)6-15-7-9(16)14-10(11(15)17)12(2,3)4/h5,10H,6-7H2,1-4H3,(H,14,16). The number of hydrogen-bond donors (Lipinski definition) is 1. The zero-order valence-corrected chi connectivity index (χ0v) is 11.5. The maximum atomic E-state index is 12.2. The Kier molecular flexibility index (Phi) is 4.20. The molecule has 1 atom stereocenters. The van der Waals surface area contributed by atoms with Crippen molar-refractivity contribution in [3.8, 4) is 0 Å². The number of rotatable bonds is 2. The third-order valence-electron chi connectivity index (χ3n) is 2.69. The minimum atomic E-state index is -0.466. The summed E-state index contributed by atoms with van der Waals surface area (Å²) in [6.07, 6.45) is 0. The number of halogens is 1. The summed E-state index contributed by atoms with van der Waals surface area (Å²) in [5.74, 6) is -0.165. The Hall–Kier alpha value is -1.03. The first kappa shape index (κ1) is 14.0.